The van der Waals surface area contributed by atoms with Gasteiger partial charge in [-0.25, -0.2) is 4.98 Å². The highest BCUT2D eigenvalue weighted by Gasteiger charge is 2.31. The van der Waals surface area contributed by atoms with E-state index in [1.807, 2.05) is 0 Å². The molecular formula is C16H17N3O4S. The smallest absolute Gasteiger partial charge is 0.273 e. The molecule has 1 aliphatic rings. The summed E-state index contributed by atoms with van der Waals surface area (Å²) in [6, 6.07) is 6.17. The molecule has 1 N–H and O–H groups in total. The van der Waals surface area contributed by atoms with Crippen LogP contribution in [0.25, 0.3) is 10.6 Å². The summed E-state index contributed by atoms with van der Waals surface area (Å²) < 4.78 is 0. The van der Waals surface area contributed by atoms with Crippen molar-refractivity contribution < 1.29 is 14.8 Å². The largest absolute Gasteiger partial charge is 0.391 e. The number of benzene rings is 1. The van der Waals surface area contributed by atoms with E-state index in [4.69, 9.17) is 0 Å². The van der Waals surface area contributed by atoms with Crippen molar-refractivity contribution in [2.75, 3.05) is 13.6 Å². The number of aliphatic hydroxyl groups is 1. The van der Waals surface area contributed by atoms with Gasteiger partial charge in [0.2, 0.25) is 0 Å². The topological polar surface area (TPSA) is 96.6 Å². The maximum atomic E-state index is 12.4. The lowest BCUT2D eigenvalue weighted by Gasteiger charge is -2.19. The summed E-state index contributed by atoms with van der Waals surface area (Å²) in [5.41, 5.74) is 0.876. The van der Waals surface area contributed by atoms with E-state index in [2.05, 4.69) is 4.98 Å². The predicted molar refractivity (Wildman–Crippen MR) is 89.9 cm³/mol. The van der Waals surface area contributed by atoms with E-state index in [1.54, 1.807) is 24.6 Å². The molecule has 0 saturated heterocycles. The maximum Gasteiger partial charge on any atom is 0.273 e. The van der Waals surface area contributed by atoms with Crippen LogP contribution in [0.3, 0.4) is 0 Å². The second-order valence-electron chi connectivity index (χ2n) is 5.94. The van der Waals surface area contributed by atoms with Crippen LogP contribution in [0.1, 0.15) is 23.3 Å². The van der Waals surface area contributed by atoms with E-state index in [1.165, 1.54) is 28.4 Å². The lowest BCUT2D eigenvalue weighted by molar-refractivity contribution is -0.384. The minimum Gasteiger partial charge on any atom is -0.391 e. The molecule has 0 bridgehead atoms. The van der Waals surface area contributed by atoms with Crippen molar-refractivity contribution in [3.63, 3.8) is 0 Å². The van der Waals surface area contributed by atoms with Gasteiger partial charge in [0, 0.05) is 36.7 Å². The molecule has 0 radical (unpaired) electrons. The number of nitro benzene ring substituents is 1. The number of hydrogen-bond acceptors (Lipinski definition) is 6. The van der Waals surface area contributed by atoms with E-state index in [-0.39, 0.29) is 23.8 Å². The van der Waals surface area contributed by atoms with Crippen LogP contribution < -0.4 is 0 Å². The molecule has 3 rings (SSSR count). The van der Waals surface area contributed by atoms with Crippen molar-refractivity contribution in [2.24, 2.45) is 5.92 Å². The fourth-order valence-electron chi connectivity index (χ4n) is 2.45. The number of non-ortho nitro benzene ring substituents is 1. The van der Waals surface area contributed by atoms with Crippen molar-refractivity contribution in [1.29, 1.82) is 0 Å². The van der Waals surface area contributed by atoms with E-state index in [9.17, 15) is 20.0 Å². The van der Waals surface area contributed by atoms with E-state index >= 15 is 0 Å². The second kappa shape index (κ2) is 6.66. The van der Waals surface area contributed by atoms with Gasteiger partial charge < -0.3 is 10.0 Å². The van der Waals surface area contributed by atoms with Crippen molar-refractivity contribution in [1.82, 2.24) is 9.88 Å². The monoisotopic (exact) mass is 347 g/mol. The summed E-state index contributed by atoms with van der Waals surface area (Å²) in [4.78, 5) is 28.5. The molecule has 1 aromatic carbocycles. The number of nitrogens with zero attached hydrogens (tertiary/aromatic N) is 3. The molecule has 0 aliphatic heterocycles. The van der Waals surface area contributed by atoms with Gasteiger partial charge in [-0.1, -0.05) is 12.1 Å². The normalized spacial score (nSPS) is 15.1. The van der Waals surface area contributed by atoms with Crippen LogP contribution in [0.5, 0.6) is 0 Å². The fourth-order valence-corrected chi connectivity index (χ4v) is 3.24. The highest BCUT2D eigenvalue weighted by molar-refractivity contribution is 7.13. The van der Waals surface area contributed by atoms with Gasteiger partial charge in [0.25, 0.3) is 11.6 Å². The average Bonchev–Trinajstić information content (AvgIpc) is 3.31. The molecule has 7 nitrogen and oxygen atoms in total. The van der Waals surface area contributed by atoms with Crippen LogP contribution in [0, 0.1) is 16.0 Å². The van der Waals surface area contributed by atoms with Crippen molar-refractivity contribution in [3.05, 3.63) is 45.5 Å². The molecule has 1 aromatic heterocycles. The Labute approximate surface area is 142 Å². The number of carbonyl (C=O) groups is 1. The summed E-state index contributed by atoms with van der Waals surface area (Å²) in [5.74, 6) is 0.0405. The Morgan fingerprint density at radius 2 is 2.29 bits per heavy atom. The average molecular weight is 347 g/mol. The molecule has 126 valence electrons. The Morgan fingerprint density at radius 1 is 1.54 bits per heavy atom. The van der Waals surface area contributed by atoms with Gasteiger partial charge in [-0.15, -0.1) is 11.3 Å². The first-order chi connectivity index (χ1) is 11.5. The fraction of sp³-hybridized carbons (Fsp3) is 0.375. The molecular weight excluding hydrogens is 330 g/mol. The number of carbonyl (C=O) groups excluding carboxylic acids is 1. The van der Waals surface area contributed by atoms with Gasteiger partial charge in [-0.2, -0.15) is 0 Å². The standard InChI is InChI=1S/C16H17N3O4S/c1-18(8-14(20)10-5-6-10)16(21)13-9-24-15(17-13)11-3-2-4-12(7-11)19(22)23/h2-4,7,9-10,14,20H,5-6,8H2,1H3. The minimum atomic E-state index is -0.492. The van der Waals surface area contributed by atoms with E-state index in [0.29, 0.717) is 16.5 Å². The van der Waals surface area contributed by atoms with Gasteiger partial charge in [0.05, 0.1) is 11.0 Å². The zero-order chi connectivity index (χ0) is 17.3. The third kappa shape index (κ3) is 3.60. The molecule has 24 heavy (non-hydrogen) atoms. The van der Waals surface area contributed by atoms with E-state index in [0.717, 1.165) is 12.8 Å². The maximum absolute atomic E-state index is 12.4. The Kier molecular flexibility index (Phi) is 4.59. The third-order valence-corrected chi connectivity index (χ3v) is 4.89. The number of amides is 1. The van der Waals surface area contributed by atoms with Crippen molar-refractivity contribution in [3.8, 4) is 10.6 Å². The van der Waals surface area contributed by atoms with Crippen LogP contribution >= 0.6 is 11.3 Å². The lowest BCUT2D eigenvalue weighted by atomic mass is 10.2. The zero-order valence-corrected chi connectivity index (χ0v) is 13.9. The number of nitro groups is 1. The van der Waals surface area contributed by atoms with Crippen LogP contribution in [0.2, 0.25) is 0 Å². The lowest BCUT2D eigenvalue weighted by Crippen LogP contribution is -2.35. The highest BCUT2D eigenvalue weighted by Crippen LogP contribution is 2.33. The summed E-state index contributed by atoms with van der Waals surface area (Å²) in [6.07, 6.45) is 1.53. The first kappa shape index (κ1) is 16.5. The Bertz CT molecular complexity index is 772. The molecule has 1 atom stereocenters. The molecule has 1 saturated carbocycles. The van der Waals surface area contributed by atoms with Crippen molar-refractivity contribution >= 4 is 22.9 Å². The minimum absolute atomic E-state index is 0.0137. The van der Waals surface area contributed by atoms with Gasteiger partial charge >= 0.3 is 0 Å². The predicted octanol–water partition coefficient (Wildman–Crippen LogP) is 2.56. The number of aliphatic hydroxyl groups excluding tert-OH is 1. The van der Waals surface area contributed by atoms with Crippen LogP contribution in [-0.4, -0.2) is 45.5 Å². The summed E-state index contributed by atoms with van der Waals surface area (Å²) in [7, 11) is 1.64. The third-order valence-electron chi connectivity index (χ3n) is 4.00. The van der Waals surface area contributed by atoms with Crippen LogP contribution in [0.4, 0.5) is 5.69 Å². The number of thiazole rings is 1. The Balaban J connectivity index is 1.73. The zero-order valence-electron chi connectivity index (χ0n) is 13.1. The molecule has 1 aliphatic carbocycles. The number of aromatic nitrogens is 1. The van der Waals surface area contributed by atoms with Gasteiger partial charge in [-0.3, -0.25) is 14.9 Å². The SMILES string of the molecule is CN(CC(O)C1CC1)C(=O)c1csc(-c2cccc([N+](=O)[O-])c2)n1. The van der Waals surface area contributed by atoms with Crippen molar-refractivity contribution in [2.45, 2.75) is 18.9 Å². The molecule has 1 unspecified atom stereocenters. The second-order valence-corrected chi connectivity index (χ2v) is 6.79. The number of likely N-dealkylation sites (N-methyl/N-ethyl adjacent to an activating group) is 1. The molecule has 8 heteroatoms. The molecule has 2 aromatic rings. The van der Waals surface area contributed by atoms with Crippen LogP contribution in [-0.2, 0) is 0 Å². The van der Waals surface area contributed by atoms with E-state index < -0.39 is 11.0 Å². The molecule has 1 amide bonds. The van der Waals surface area contributed by atoms with Gasteiger partial charge in [-0.05, 0) is 18.8 Å². The molecule has 0 spiro atoms. The molecule has 1 fully saturated rings. The van der Waals surface area contributed by atoms with Gasteiger partial charge in [0.1, 0.15) is 10.7 Å². The number of rotatable bonds is 6. The van der Waals surface area contributed by atoms with Crippen LogP contribution in [0.15, 0.2) is 29.6 Å². The summed E-state index contributed by atoms with van der Waals surface area (Å²) in [5, 5.41) is 23.0. The number of hydrogen-bond donors (Lipinski definition) is 1. The Hall–Kier alpha value is -2.32. The van der Waals surface area contributed by atoms with Gasteiger partial charge in [0.15, 0.2) is 0 Å². The Morgan fingerprint density at radius 3 is 2.96 bits per heavy atom. The summed E-state index contributed by atoms with van der Waals surface area (Å²) in [6.45, 7) is 0.285. The quantitative estimate of drug-likeness (QED) is 0.640. The first-order valence-corrected chi connectivity index (χ1v) is 8.47. The highest BCUT2D eigenvalue weighted by atomic mass is 32.1. The summed E-state index contributed by atoms with van der Waals surface area (Å²) >= 11 is 1.26. The molecule has 1 heterocycles. The first-order valence-electron chi connectivity index (χ1n) is 7.59.